The van der Waals surface area contributed by atoms with Gasteiger partial charge < -0.3 is 5.32 Å². The van der Waals surface area contributed by atoms with Crippen molar-refractivity contribution >= 4 is 23.4 Å². The van der Waals surface area contributed by atoms with Gasteiger partial charge in [0.15, 0.2) is 0 Å². The number of carbonyl (C=O) groups is 1. The second kappa shape index (κ2) is 7.41. The molecule has 2 aromatic rings. The molecule has 25 heavy (non-hydrogen) atoms. The van der Waals surface area contributed by atoms with Gasteiger partial charge in [0.1, 0.15) is 11.6 Å². The summed E-state index contributed by atoms with van der Waals surface area (Å²) in [6, 6.07) is 11.8. The lowest BCUT2D eigenvalue weighted by Crippen LogP contribution is -2.13. The number of nitro benzene ring substituents is 1. The minimum absolute atomic E-state index is 0.0550. The maximum atomic E-state index is 12.3. The highest BCUT2D eigenvalue weighted by molar-refractivity contribution is 6.09. The summed E-state index contributed by atoms with van der Waals surface area (Å²) in [4.78, 5) is 22.8. The highest BCUT2D eigenvalue weighted by Gasteiger charge is 2.13. The normalized spacial score (nSPS) is 10.9. The van der Waals surface area contributed by atoms with Crippen molar-refractivity contribution in [2.24, 2.45) is 0 Å². The lowest BCUT2D eigenvalue weighted by molar-refractivity contribution is -0.385. The van der Waals surface area contributed by atoms with Crippen molar-refractivity contribution in [3.05, 3.63) is 74.3 Å². The lowest BCUT2D eigenvalue weighted by atomic mass is 10.1. The van der Waals surface area contributed by atoms with E-state index in [0.29, 0.717) is 16.8 Å². The van der Waals surface area contributed by atoms with E-state index in [2.05, 4.69) is 5.32 Å². The Kier molecular flexibility index (Phi) is 5.30. The predicted octanol–water partition coefficient (Wildman–Crippen LogP) is 4.07. The van der Waals surface area contributed by atoms with Crippen LogP contribution in [0.1, 0.15) is 22.3 Å². The number of benzene rings is 2. The van der Waals surface area contributed by atoms with Crippen LogP contribution in [0.2, 0.25) is 0 Å². The van der Waals surface area contributed by atoms with Gasteiger partial charge >= 0.3 is 0 Å². The number of carbonyl (C=O) groups excluding carboxylic acids is 1. The van der Waals surface area contributed by atoms with Gasteiger partial charge in [-0.3, -0.25) is 14.9 Å². The Morgan fingerprint density at radius 3 is 2.40 bits per heavy atom. The third-order valence-electron chi connectivity index (χ3n) is 3.87. The number of nitrogens with zero attached hydrogens (tertiary/aromatic N) is 2. The zero-order chi connectivity index (χ0) is 18.6. The molecule has 1 amide bonds. The number of nitro groups is 1. The summed E-state index contributed by atoms with van der Waals surface area (Å²) in [5.74, 6) is -0.561. The number of rotatable bonds is 4. The van der Waals surface area contributed by atoms with Crippen LogP contribution in [0.3, 0.4) is 0 Å². The van der Waals surface area contributed by atoms with Gasteiger partial charge in [0.05, 0.1) is 4.92 Å². The second-order valence-electron chi connectivity index (χ2n) is 5.73. The zero-order valence-electron chi connectivity index (χ0n) is 14.2. The molecule has 0 aliphatic rings. The summed E-state index contributed by atoms with van der Waals surface area (Å²) in [6.07, 6.45) is 1.34. The fourth-order valence-electron chi connectivity index (χ4n) is 2.25. The number of aryl methyl sites for hydroxylation is 3. The summed E-state index contributed by atoms with van der Waals surface area (Å²) in [7, 11) is 0. The van der Waals surface area contributed by atoms with Crippen LogP contribution < -0.4 is 5.32 Å². The molecule has 0 fully saturated rings. The molecule has 2 aromatic carbocycles. The molecule has 1 N–H and O–H groups in total. The van der Waals surface area contributed by atoms with Crippen LogP contribution >= 0.6 is 0 Å². The van der Waals surface area contributed by atoms with Crippen molar-refractivity contribution in [3.63, 3.8) is 0 Å². The molecule has 0 heterocycles. The van der Waals surface area contributed by atoms with Crippen LogP contribution in [-0.2, 0) is 4.79 Å². The first-order valence-corrected chi connectivity index (χ1v) is 7.57. The molecule has 6 heteroatoms. The first kappa shape index (κ1) is 17.9. The SMILES string of the molecule is Cc1ccc(NC(=O)/C(C#N)=C/c2ccc(C)c([N+](=O)[O-])c2)cc1C. The van der Waals surface area contributed by atoms with Crippen LogP contribution in [0, 0.1) is 42.2 Å². The maximum absolute atomic E-state index is 12.3. The van der Waals surface area contributed by atoms with E-state index in [1.165, 1.54) is 12.1 Å². The minimum Gasteiger partial charge on any atom is -0.321 e. The summed E-state index contributed by atoms with van der Waals surface area (Å²) < 4.78 is 0. The summed E-state index contributed by atoms with van der Waals surface area (Å²) in [6.45, 7) is 5.52. The predicted molar refractivity (Wildman–Crippen MR) is 96.0 cm³/mol. The fourth-order valence-corrected chi connectivity index (χ4v) is 2.25. The molecule has 126 valence electrons. The molecular formula is C19H17N3O3. The molecule has 0 atom stereocenters. The van der Waals surface area contributed by atoms with E-state index in [9.17, 15) is 20.2 Å². The quantitative estimate of drug-likeness (QED) is 0.394. The van der Waals surface area contributed by atoms with Crippen molar-refractivity contribution in [2.75, 3.05) is 5.32 Å². The molecular weight excluding hydrogens is 318 g/mol. The molecule has 0 aliphatic heterocycles. The van der Waals surface area contributed by atoms with E-state index in [0.717, 1.165) is 11.1 Å². The van der Waals surface area contributed by atoms with Crippen LogP contribution in [0.25, 0.3) is 6.08 Å². The minimum atomic E-state index is -0.561. The van der Waals surface area contributed by atoms with Gasteiger partial charge in [-0.25, -0.2) is 0 Å². The molecule has 6 nitrogen and oxygen atoms in total. The number of hydrogen-bond acceptors (Lipinski definition) is 4. The first-order chi connectivity index (χ1) is 11.8. The van der Waals surface area contributed by atoms with Crippen molar-refractivity contribution in [3.8, 4) is 6.07 Å². The average Bonchev–Trinajstić information content (AvgIpc) is 2.57. The third-order valence-corrected chi connectivity index (χ3v) is 3.87. The van der Waals surface area contributed by atoms with Crippen molar-refractivity contribution in [1.82, 2.24) is 0 Å². The molecule has 0 unspecified atom stereocenters. The molecule has 0 aliphatic carbocycles. The standard InChI is InChI=1S/C19H17N3O3/c1-12-5-7-17(8-14(12)3)21-19(23)16(11-20)9-15-6-4-13(2)18(10-15)22(24)25/h4-10H,1-3H3,(H,21,23)/b16-9+. The van der Waals surface area contributed by atoms with Crippen LogP contribution in [0.15, 0.2) is 42.0 Å². The Balaban J connectivity index is 2.29. The van der Waals surface area contributed by atoms with Crippen LogP contribution in [0.5, 0.6) is 0 Å². The maximum Gasteiger partial charge on any atom is 0.272 e. The number of nitrogens with one attached hydrogen (secondary N) is 1. The lowest BCUT2D eigenvalue weighted by Gasteiger charge is -2.07. The number of anilines is 1. The smallest absolute Gasteiger partial charge is 0.272 e. The Bertz CT molecular complexity index is 924. The van der Waals surface area contributed by atoms with Gasteiger partial charge in [-0.15, -0.1) is 0 Å². The second-order valence-corrected chi connectivity index (χ2v) is 5.73. The first-order valence-electron chi connectivity index (χ1n) is 7.57. The fraction of sp³-hybridized carbons (Fsp3) is 0.158. The Morgan fingerprint density at radius 1 is 1.12 bits per heavy atom. The van der Waals surface area contributed by atoms with E-state index in [-0.39, 0.29) is 11.3 Å². The van der Waals surface area contributed by atoms with Crippen LogP contribution in [0.4, 0.5) is 11.4 Å². The topological polar surface area (TPSA) is 96.0 Å². The van der Waals surface area contributed by atoms with Gasteiger partial charge in [-0.2, -0.15) is 5.26 Å². The van der Waals surface area contributed by atoms with Crippen molar-refractivity contribution in [2.45, 2.75) is 20.8 Å². The molecule has 0 saturated heterocycles. The molecule has 2 rings (SSSR count). The Labute approximate surface area is 145 Å². The summed E-state index contributed by atoms with van der Waals surface area (Å²) in [5, 5.41) is 22.9. The molecule has 0 radical (unpaired) electrons. The van der Waals surface area contributed by atoms with Gasteiger partial charge in [-0.05, 0) is 55.7 Å². The highest BCUT2D eigenvalue weighted by atomic mass is 16.6. The molecule has 0 bridgehead atoms. The third kappa shape index (κ3) is 4.30. The van der Waals surface area contributed by atoms with Gasteiger partial charge in [0.25, 0.3) is 11.6 Å². The number of nitriles is 1. The Morgan fingerprint density at radius 2 is 1.80 bits per heavy atom. The van der Waals surface area contributed by atoms with E-state index in [4.69, 9.17) is 0 Å². The number of hydrogen-bond donors (Lipinski definition) is 1. The van der Waals surface area contributed by atoms with Crippen LogP contribution in [-0.4, -0.2) is 10.8 Å². The average molecular weight is 335 g/mol. The van der Waals surface area contributed by atoms with Crippen molar-refractivity contribution < 1.29 is 9.72 Å². The Hall–Kier alpha value is -3.46. The largest absolute Gasteiger partial charge is 0.321 e. The van der Waals surface area contributed by atoms with Gasteiger partial charge in [0, 0.05) is 17.3 Å². The van der Waals surface area contributed by atoms with E-state index in [1.54, 1.807) is 25.1 Å². The van der Waals surface area contributed by atoms with Gasteiger partial charge in [0.2, 0.25) is 0 Å². The van der Waals surface area contributed by atoms with E-state index < -0.39 is 10.8 Å². The van der Waals surface area contributed by atoms with Gasteiger partial charge in [-0.1, -0.05) is 18.2 Å². The summed E-state index contributed by atoms with van der Waals surface area (Å²) >= 11 is 0. The van der Waals surface area contributed by atoms with Crippen molar-refractivity contribution in [1.29, 1.82) is 5.26 Å². The molecule has 0 spiro atoms. The highest BCUT2D eigenvalue weighted by Crippen LogP contribution is 2.21. The number of amides is 1. The van der Waals surface area contributed by atoms with E-state index in [1.807, 2.05) is 32.0 Å². The monoisotopic (exact) mass is 335 g/mol. The molecule has 0 aromatic heterocycles. The van der Waals surface area contributed by atoms with E-state index >= 15 is 0 Å². The summed E-state index contributed by atoms with van der Waals surface area (Å²) in [5.41, 5.74) is 3.46. The molecule has 0 saturated carbocycles. The zero-order valence-corrected chi connectivity index (χ0v) is 14.2.